The van der Waals surface area contributed by atoms with Crippen LogP contribution in [0.2, 0.25) is 0 Å². The number of nitrogens with zero attached hydrogens (tertiary/aromatic N) is 4. The molecule has 2 N–H and O–H groups in total. The van der Waals surface area contributed by atoms with Crippen molar-refractivity contribution in [1.29, 1.82) is 5.26 Å². The van der Waals surface area contributed by atoms with Gasteiger partial charge in [0.1, 0.15) is 42.8 Å². The summed E-state index contributed by atoms with van der Waals surface area (Å²) in [6.07, 6.45) is -0.486. The molecule has 0 amide bonds. The maximum Gasteiger partial charge on any atom is 0.306 e. The monoisotopic (exact) mass is 429 g/mol. The Bertz CT molecular complexity index is 1050. The fraction of sp³-hybridized carbons (Fsp3) is 0.619. The van der Waals surface area contributed by atoms with E-state index in [-0.39, 0.29) is 30.2 Å². The van der Waals surface area contributed by atoms with Crippen LogP contribution in [0.3, 0.4) is 0 Å². The van der Waals surface area contributed by atoms with E-state index in [1.807, 2.05) is 20.8 Å². The summed E-state index contributed by atoms with van der Waals surface area (Å²) < 4.78 is 25.4. The van der Waals surface area contributed by atoms with Gasteiger partial charge in [-0.25, -0.2) is 9.50 Å². The molecule has 10 nitrogen and oxygen atoms in total. The molecule has 2 aliphatic heterocycles. The minimum atomic E-state index is -1.53. The topological polar surface area (TPSA) is 134 Å². The predicted octanol–water partition coefficient (Wildman–Crippen LogP) is 1.93. The molecule has 4 rings (SSSR count). The van der Waals surface area contributed by atoms with Gasteiger partial charge in [0.05, 0.1) is 12.1 Å². The van der Waals surface area contributed by atoms with E-state index in [2.05, 4.69) is 16.2 Å². The largest absolute Gasteiger partial charge is 0.463 e. The van der Waals surface area contributed by atoms with Crippen molar-refractivity contribution >= 4 is 17.3 Å². The molecule has 0 radical (unpaired) electrons. The number of hydrogen-bond acceptors (Lipinski definition) is 9. The normalized spacial score (nSPS) is 29.6. The number of fused-ring (bicyclic) bond motifs is 2. The van der Waals surface area contributed by atoms with Crippen LogP contribution in [0.25, 0.3) is 5.52 Å². The van der Waals surface area contributed by atoms with E-state index < -0.39 is 29.7 Å². The van der Waals surface area contributed by atoms with Crippen molar-refractivity contribution in [3.8, 4) is 6.07 Å². The number of ether oxygens (including phenoxy) is 4. The zero-order valence-electron chi connectivity index (χ0n) is 18.3. The lowest BCUT2D eigenvalue weighted by molar-refractivity contribution is -0.207. The fourth-order valence-electron chi connectivity index (χ4n) is 4.12. The molecule has 166 valence electrons. The Morgan fingerprint density at radius 3 is 2.74 bits per heavy atom. The smallest absolute Gasteiger partial charge is 0.306 e. The van der Waals surface area contributed by atoms with E-state index >= 15 is 0 Å². The summed E-state index contributed by atoms with van der Waals surface area (Å²) in [6.45, 7) is 9.36. The van der Waals surface area contributed by atoms with Crippen molar-refractivity contribution in [2.45, 2.75) is 70.7 Å². The second-order valence-electron chi connectivity index (χ2n) is 9.61. The Morgan fingerprint density at radius 1 is 1.32 bits per heavy atom. The molecule has 2 saturated heterocycles. The molecule has 2 aliphatic rings. The number of carbonyl (C=O) groups excluding carboxylic acids is 1. The van der Waals surface area contributed by atoms with Crippen LogP contribution in [0.4, 0.5) is 5.82 Å². The number of aromatic nitrogens is 3. The van der Waals surface area contributed by atoms with Gasteiger partial charge in [0.2, 0.25) is 5.60 Å². The van der Waals surface area contributed by atoms with Gasteiger partial charge in [0.15, 0.2) is 11.6 Å². The number of nitrogen functional groups attached to an aromatic ring is 1. The van der Waals surface area contributed by atoms with Crippen LogP contribution in [0.15, 0.2) is 18.5 Å². The highest BCUT2D eigenvalue weighted by Crippen LogP contribution is 2.49. The van der Waals surface area contributed by atoms with Crippen LogP contribution in [0.1, 0.15) is 46.7 Å². The van der Waals surface area contributed by atoms with Crippen LogP contribution in [0.5, 0.6) is 0 Å². The first-order valence-electron chi connectivity index (χ1n) is 10.1. The highest BCUT2D eigenvalue weighted by Gasteiger charge is 2.65. The van der Waals surface area contributed by atoms with Crippen molar-refractivity contribution in [3.63, 3.8) is 0 Å². The first-order chi connectivity index (χ1) is 14.5. The highest BCUT2D eigenvalue weighted by atomic mass is 16.8. The van der Waals surface area contributed by atoms with Gasteiger partial charge in [0, 0.05) is 0 Å². The molecule has 4 atom stereocenters. The van der Waals surface area contributed by atoms with Crippen LogP contribution in [-0.2, 0) is 29.3 Å². The number of carbonyl (C=O) groups is 1. The summed E-state index contributed by atoms with van der Waals surface area (Å²) in [4.78, 5) is 16.2. The van der Waals surface area contributed by atoms with Crippen molar-refractivity contribution in [2.75, 3.05) is 12.3 Å². The Labute approximate surface area is 180 Å². The van der Waals surface area contributed by atoms with Crippen LogP contribution < -0.4 is 5.73 Å². The quantitative estimate of drug-likeness (QED) is 0.723. The highest BCUT2D eigenvalue weighted by molar-refractivity contribution is 5.70. The summed E-state index contributed by atoms with van der Waals surface area (Å²) in [6, 6.07) is 5.70. The van der Waals surface area contributed by atoms with Gasteiger partial charge in [0.25, 0.3) is 0 Å². The zero-order valence-corrected chi connectivity index (χ0v) is 18.3. The molecular weight excluding hydrogens is 402 g/mol. The summed E-state index contributed by atoms with van der Waals surface area (Å²) in [7, 11) is 0. The summed E-state index contributed by atoms with van der Waals surface area (Å²) in [5.41, 5.74) is 5.21. The molecular formula is C21H27N5O5. The van der Waals surface area contributed by atoms with Crippen LogP contribution in [-0.4, -0.2) is 51.3 Å². The van der Waals surface area contributed by atoms with Gasteiger partial charge in [-0.1, -0.05) is 20.8 Å². The molecule has 2 aromatic rings. The molecule has 31 heavy (non-hydrogen) atoms. The SMILES string of the molecule is CC(C)(C)CC(=O)OC[C@H]1O[C@@](C#N)(c2ccc3c(N)ncnn23)[C@@H]2OC(C)(C)O[C@@H]21. The van der Waals surface area contributed by atoms with Gasteiger partial charge in [-0.15, -0.1) is 0 Å². The molecule has 2 fully saturated rings. The predicted molar refractivity (Wildman–Crippen MR) is 108 cm³/mol. The van der Waals surface area contributed by atoms with Gasteiger partial charge in [-0.3, -0.25) is 4.79 Å². The average molecular weight is 429 g/mol. The third kappa shape index (κ3) is 3.73. The minimum Gasteiger partial charge on any atom is -0.463 e. The second kappa shape index (κ2) is 7.15. The molecule has 0 saturated carbocycles. The molecule has 10 heteroatoms. The third-order valence-electron chi connectivity index (χ3n) is 5.35. The van der Waals surface area contributed by atoms with E-state index in [9.17, 15) is 10.1 Å². The summed E-state index contributed by atoms with van der Waals surface area (Å²) in [5.74, 6) is -0.995. The molecule has 4 heterocycles. The lowest BCUT2D eigenvalue weighted by Gasteiger charge is -2.29. The standard InChI is InChI=1S/C21H27N5O5/c1-19(2,3)8-15(27)28-9-13-16-17(31-20(4,5)30-16)21(10-22,29-13)14-7-6-12-18(23)24-11-25-26(12)14/h6-7,11,13,16-17H,8-9H2,1-5H3,(H2,23,24,25)/t13-,16-,17-,21+/m1/s1. The zero-order chi connectivity index (χ0) is 22.6. The second-order valence-corrected chi connectivity index (χ2v) is 9.61. The van der Waals surface area contributed by atoms with E-state index in [4.69, 9.17) is 24.7 Å². The first-order valence-corrected chi connectivity index (χ1v) is 10.1. The van der Waals surface area contributed by atoms with Gasteiger partial charge in [-0.05, 0) is 31.4 Å². The molecule has 0 unspecified atom stereocenters. The first kappa shape index (κ1) is 21.5. The number of rotatable bonds is 4. The number of nitrogens with two attached hydrogens (primary N) is 1. The minimum absolute atomic E-state index is 0.0562. The molecule has 0 aliphatic carbocycles. The number of esters is 1. The average Bonchev–Trinajstić information content (AvgIpc) is 3.30. The fourth-order valence-corrected chi connectivity index (χ4v) is 4.12. The van der Waals surface area contributed by atoms with Crippen LogP contribution in [0, 0.1) is 16.7 Å². The van der Waals surface area contributed by atoms with E-state index in [0.717, 1.165) is 0 Å². The number of anilines is 1. The van der Waals surface area contributed by atoms with Crippen molar-refractivity contribution in [3.05, 3.63) is 24.2 Å². The summed E-state index contributed by atoms with van der Waals surface area (Å²) in [5, 5.41) is 14.5. The molecule has 0 bridgehead atoms. The van der Waals surface area contributed by atoms with E-state index in [1.54, 1.807) is 26.0 Å². The van der Waals surface area contributed by atoms with Crippen molar-refractivity contribution in [2.24, 2.45) is 5.41 Å². The van der Waals surface area contributed by atoms with E-state index in [1.165, 1.54) is 10.8 Å². The van der Waals surface area contributed by atoms with Gasteiger partial charge >= 0.3 is 5.97 Å². The number of nitriles is 1. The lowest BCUT2D eigenvalue weighted by Crippen LogP contribution is -2.40. The maximum atomic E-state index is 12.3. The Hall–Kier alpha value is -2.74. The summed E-state index contributed by atoms with van der Waals surface area (Å²) >= 11 is 0. The van der Waals surface area contributed by atoms with Crippen molar-refractivity contribution in [1.82, 2.24) is 14.6 Å². The Morgan fingerprint density at radius 2 is 2.06 bits per heavy atom. The maximum absolute atomic E-state index is 12.3. The van der Waals surface area contributed by atoms with Crippen molar-refractivity contribution < 1.29 is 23.7 Å². The molecule has 2 aromatic heterocycles. The Balaban J connectivity index is 1.68. The lowest BCUT2D eigenvalue weighted by atomic mass is 9.92. The van der Waals surface area contributed by atoms with Gasteiger partial charge in [-0.2, -0.15) is 10.4 Å². The molecule has 0 aromatic carbocycles. The number of hydrogen-bond donors (Lipinski definition) is 1. The Kier molecular flexibility index (Phi) is 4.96. The van der Waals surface area contributed by atoms with E-state index in [0.29, 0.717) is 11.2 Å². The van der Waals surface area contributed by atoms with Crippen LogP contribution >= 0.6 is 0 Å². The molecule has 0 spiro atoms. The third-order valence-corrected chi connectivity index (χ3v) is 5.35. The van der Waals surface area contributed by atoms with Gasteiger partial charge < -0.3 is 24.7 Å².